The number of carbonyl (C=O) groups excluding carboxylic acids is 1. The molecular formula is C12H11N3O3S2. The highest BCUT2D eigenvalue weighted by atomic mass is 32.2. The number of ketones is 1. The van der Waals surface area contributed by atoms with E-state index in [2.05, 4.69) is 4.98 Å². The summed E-state index contributed by atoms with van der Waals surface area (Å²) in [7, 11) is 0. The van der Waals surface area contributed by atoms with E-state index >= 15 is 0 Å². The fourth-order valence-electron chi connectivity index (χ4n) is 1.40. The van der Waals surface area contributed by atoms with Crippen LogP contribution in [0.1, 0.15) is 23.1 Å². The van der Waals surface area contributed by atoms with E-state index in [-0.39, 0.29) is 11.5 Å². The molecule has 20 heavy (non-hydrogen) atoms. The van der Waals surface area contributed by atoms with Crippen LogP contribution in [0.5, 0.6) is 0 Å². The first kappa shape index (κ1) is 14.5. The van der Waals surface area contributed by atoms with Gasteiger partial charge in [-0.1, -0.05) is 18.7 Å². The summed E-state index contributed by atoms with van der Waals surface area (Å²) in [6.45, 7) is 1.77. The third-order valence-corrected chi connectivity index (χ3v) is 4.75. The number of nitrogens with two attached hydrogens (primary N) is 1. The zero-order valence-electron chi connectivity index (χ0n) is 10.5. The standard InChI is InChI=1S/C12H11N3O3S2/c1-2-9(16)11-14-10(13)12(20-11)19-8-5-3-7(4-6-8)15(17)18/h3-6H,2,13H2,1H3. The number of aromatic nitrogens is 1. The first-order chi connectivity index (χ1) is 9.51. The molecule has 0 saturated heterocycles. The van der Waals surface area contributed by atoms with Gasteiger partial charge in [0.15, 0.2) is 10.8 Å². The number of rotatable bonds is 5. The lowest BCUT2D eigenvalue weighted by Gasteiger charge is -1.98. The summed E-state index contributed by atoms with van der Waals surface area (Å²) in [4.78, 5) is 26.5. The first-order valence-electron chi connectivity index (χ1n) is 5.73. The molecule has 0 spiro atoms. The number of nitrogen functional groups attached to an aromatic ring is 1. The Labute approximate surface area is 123 Å². The number of Topliss-reactive ketones (excluding diaryl/α,β-unsaturated/α-hetero) is 1. The summed E-state index contributed by atoms with van der Waals surface area (Å²) < 4.78 is 0.718. The third-order valence-electron chi connectivity index (χ3n) is 2.44. The monoisotopic (exact) mass is 309 g/mol. The zero-order chi connectivity index (χ0) is 14.7. The van der Waals surface area contributed by atoms with Gasteiger partial charge in [-0.25, -0.2) is 4.98 Å². The van der Waals surface area contributed by atoms with Crippen molar-refractivity contribution < 1.29 is 9.72 Å². The molecule has 2 aromatic rings. The van der Waals surface area contributed by atoms with Crippen molar-refractivity contribution in [2.75, 3.05) is 5.73 Å². The molecule has 0 unspecified atom stereocenters. The maximum Gasteiger partial charge on any atom is 0.269 e. The van der Waals surface area contributed by atoms with E-state index < -0.39 is 4.92 Å². The minimum atomic E-state index is -0.451. The van der Waals surface area contributed by atoms with E-state index in [1.54, 1.807) is 19.1 Å². The Hall–Kier alpha value is -1.93. The van der Waals surface area contributed by atoms with Gasteiger partial charge in [0.25, 0.3) is 5.69 Å². The highest BCUT2D eigenvalue weighted by Gasteiger charge is 2.15. The van der Waals surface area contributed by atoms with Crippen LogP contribution in [0.3, 0.4) is 0 Å². The van der Waals surface area contributed by atoms with Crippen LogP contribution in [0.4, 0.5) is 11.5 Å². The van der Waals surface area contributed by atoms with Crippen LogP contribution in [0.15, 0.2) is 33.4 Å². The minimum Gasteiger partial charge on any atom is -0.382 e. The summed E-state index contributed by atoms with van der Waals surface area (Å²) in [5, 5.41) is 11.0. The molecule has 0 aliphatic heterocycles. The van der Waals surface area contributed by atoms with Crippen LogP contribution >= 0.6 is 23.1 Å². The molecule has 104 valence electrons. The van der Waals surface area contributed by atoms with Crippen LogP contribution < -0.4 is 5.73 Å². The van der Waals surface area contributed by atoms with Gasteiger partial charge in [0.1, 0.15) is 10.0 Å². The molecule has 2 N–H and O–H groups in total. The lowest BCUT2D eigenvalue weighted by molar-refractivity contribution is -0.384. The van der Waals surface area contributed by atoms with Crippen LogP contribution in [0.2, 0.25) is 0 Å². The van der Waals surface area contributed by atoms with E-state index in [9.17, 15) is 14.9 Å². The lowest BCUT2D eigenvalue weighted by atomic mass is 10.3. The number of hydrogen-bond donors (Lipinski definition) is 1. The molecule has 0 radical (unpaired) electrons. The van der Waals surface area contributed by atoms with Crippen molar-refractivity contribution >= 4 is 40.4 Å². The van der Waals surface area contributed by atoms with Crippen molar-refractivity contribution in [2.45, 2.75) is 22.4 Å². The molecule has 8 heteroatoms. The number of nitro benzene ring substituents is 1. The van der Waals surface area contributed by atoms with Crippen LogP contribution in [-0.4, -0.2) is 15.7 Å². The van der Waals surface area contributed by atoms with Gasteiger partial charge in [0.05, 0.1) is 4.92 Å². The fraction of sp³-hybridized carbons (Fsp3) is 0.167. The second kappa shape index (κ2) is 6.02. The van der Waals surface area contributed by atoms with Crippen molar-refractivity contribution in [3.8, 4) is 0 Å². The molecule has 0 atom stereocenters. The molecule has 6 nitrogen and oxygen atoms in total. The van der Waals surface area contributed by atoms with E-state index in [0.717, 1.165) is 9.10 Å². The van der Waals surface area contributed by atoms with Gasteiger partial charge >= 0.3 is 0 Å². The van der Waals surface area contributed by atoms with Gasteiger partial charge in [-0.2, -0.15) is 0 Å². The molecular weight excluding hydrogens is 298 g/mol. The van der Waals surface area contributed by atoms with Crippen molar-refractivity contribution in [3.05, 3.63) is 39.4 Å². The number of nitro groups is 1. The lowest BCUT2D eigenvalue weighted by Crippen LogP contribution is -1.95. The van der Waals surface area contributed by atoms with Gasteiger partial charge in [-0.05, 0) is 12.1 Å². The van der Waals surface area contributed by atoms with Gasteiger partial charge in [-0.15, -0.1) is 11.3 Å². The topological polar surface area (TPSA) is 99.1 Å². The van der Waals surface area contributed by atoms with E-state index in [4.69, 9.17) is 5.73 Å². The van der Waals surface area contributed by atoms with Crippen LogP contribution in [0, 0.1) is 10.1 Å². The van der Waals surface area contributed by atoms with E-state index in [0.29, 0.717) is 17.2 Å². The van der Waals surface area contributed by atoms with Gasteiger partial charge in [0.2, 0.25) is 0 Å². The van der Waals surface area contributed by atoms with Crippen LogP contribution in [-0.2, 0) is 0 Å². The van der Waals surface area contributed by atoms with Crippen molar-refractivity contribution in [3.63, 3.8) is 0 Å². The van der Waals surface area contributed by atoms with Crippen molar-refractivity contribution in [2.24, 2.45) is 0 Å². The molecule has 0 aliphatic rings. The van der Waals surface area contributed by atoms with Crippen LogP contribution in [0.25, 0.3) is 0 Å². The second-order valence-corrected chi connectivity index (χ2v) is 6.16. The Balaban J connectivity index is 2.19. The van der Waals surface area contributed by atoms with E-state index in [1.165, 1.54) is 35.2 Å². The molecule has 1 aromatic carbocycles. The van der Waals surface area contributed by atoms with Crippen molar-refractivity contribution in [1.82, 2.24) is 4.98 Å². The molecule has 1 heterocycles. The summed E-state index contributed by atoms with van der Waals surface area (Å²) in [5.74, 6) is 0.271. The second-order valence-electron chi connectivity index (χ2n) is 3.82. The summed E-state index contributed by atoms with van der Waals surface area (Å²) in [6.07, 6.45) is 0.384. The Kier molecular flexibility index (Phi) is 4.35. The quantitative estimate of drug-likeness (QED) is 0.516. The van der Waals surface area contributed by atoms with E-state index in [1.807, 2.05) is 0 Å². The molecule has 1 aromatic heterocycles. The summed E-state index contributed by atoms with van der Waals surface area (Å²) in [6, 6.07) is 6.14. The molecule has 0 amide bonds. The van der Waals surface area contributed by atoms with Gasteiger partial charge < -0.3 is 5.73 Å². The maximum absolute atomic E-state index is 11.6. The number of benzene rings is 1. The summed E-state index contributed by atoms with van der Waals surface area (Å²) >= 11 is 2.58. The van der Waals surface area contributed by atoms with Gasteiger partial charge in [0, 0.05) is 23.4 Å². The molecule has 0 saturated carbocycles. The molecule has 0 aliphatic carbocycles. The Morgan fingerprint density at radius 2 is 2.10 bits per heavy atom. The number of carbonyl (C=O) groups is 1. The molecule has 0 fully saturated rings. The third kappa shape index (κ3) is 3.14. The fourth-order valence-corrected chi connectivity index (χ4v) is 3.46. The van der Waals surface area contributed by atoms with Gasteiger partial charge in [-0.3, -0.25) is 14.9 Å². The Bertz CT molecular complexity index is 652. The predicted octanol–water partition coefficient (Wildman–Crippen LogP) is 3.38. The number of nitrogens with zero attached hydrogens (tertiary/aromatic N) is 2. The smallest absolute Gasteiger partial charge is 0.269 e. The normalized spacial score (nSPS) is 10.4. The minimum absolute atomic E-state index is 0.0356. The molecule has 0 bridgehead atoms. The number of non-ortho nitro benzene ring substituents is 1. The number of anilines is 1. The highest BCUT2D eigenvalue weighted by molar-refractivity contribution is 8.01. The first-order valence-corrected chi connectivity index (χ1v) is 7.36. The maximum atomic E-state index is 11.6. The Morgan fingerprint density at radius 1 is 1.45 bits per heavy atom. The predicted molar refractivity (Wildman–Crippen MR) is 78.4 cm³/mol. The highest BCUT2D eigenvalue weighted by Crippen LogP contribution is 2.37. The average Bonchev–Trinajstić information content (AvgIpc) is 2.80. The SMILES string of the molecule is CCC(=O)c1nc(N)c(Sc2ccc([N+](=O)[O-])cc2)s1. The Morgan fingerprint density at radius 3 is 2.65 bits per heavy atom. The largest absolute Gasteiger partial charge is 0.382 e. The molecule has 2 rings (SSSR count). The average molecular weight is 309 g/mol. The number of hydrogen-bond acceptors (Lipinski definition) is 7. The van der Waals surface area contributed by atoms with Crippen molar-refractivity contribution in [1.29, 1.82) is 0 Å². The zero-order valence-corrected chi connectivity index (χ0v) is 12.2. The summed E-state index contributed by atoms with van der Waals surface area (Å²) in [5.41, 5.74) is 5.81. The number of thiazole rings is 1.